The van der Waals surface area contributed by atoms with Crippen molar-refractivity contribution in [3.63, 3.8) is 0 Å². The Bertz CT molecular complexity index is 3920. The second kappa shape index (κ2) is 20.0. The van der Waals surface area contributed by atoms with E-state index < -0.39 is 47.5 Å². The van der Waals surface area contributed by atoms with Crippen LogP contribution >= 0.6 is 0 Å². The number of likely N-dealkylation sites (N-methyl/N-ethyl adjacent to an activating group) is 2. The van der Waals surface area contributed by atoms with E-state index in [9.17, 15) is 9.59 Å². The molecule has 0 radical (unpaired) electrons. The zero-order chi connectivity index (χ0) is 56.5. The summed E-state index contributed by atoms with van der Waals surface area (Å²) in [5, 5.41) is 2.15. The van der Waals surface area contributed by atoms with Crippen LogP contribution in [0.2, 0.25) is 0 Å². The average molecular weight is 1080 g/mol. The monoisotopic (exact) mass is 1080 g/mol. The van der Waals surface area contributed by atoms with Crippen LogP contribution in [0, 0.1) is 0 Å². The topological polar surface area (TPSA) is 178 Å². The van der Waals surface area contributed by atoms with E-state index in [0.29, 0.717) is 55.3 Å². The van der Waals surface area contributed by atoms with Gasteiger partial charge in [-0.2, -0.15) is 0 Å². The fourth-order valence-corrected chi connectivity index (χ4v) is 11.2. The minimum Gasteiger partial charge on any atom is -0.457 e. The molecule has 0 spiro atoms. The average Bonchev–Trinajstić information content (AvgIpc) is 3.20. The van der Waals surface area contributed by atoms with Crippen LogP contribution in [-0.2, 0) is 9.59 Å². The van der Waals surface area contributed by atoms with E-state index in [0.717, 1.165) is 9.80 Å². The van der Waals surface area contributed by atoms with Crippen LogP contribution in [-0.4, -0.2) is 93.2 Å². The summed E-state index contributed by atoms with van der Waals surface area (Å²) in [7, 11) is 6.17. The van der Waals surface area contributed by atoms with Crippen LogP contribution in [0.4, 0.5) is 0 Å². The molecule has 400 valence electrons. The third kappa shape index (κ3) is 8.22. The Morgan fingerprint density at radius 2 is 0.634 bits per heavy atom. The SMILES string of the molecule is CN(C)C(=O)C(c1cccnc1)N1C(=O)c2cc(Oc3ccccc3)c3c4c(Oc5ccccc5)cc5c6c(cc(Oc7ccccc7)c(c7c(Oc8ccccc8)cc(c2c37)C1=O)c64)C(=O)N(C(C(=O)N(C)C)c1cccnc1)C5=O. The lowest BCUT2D eigenvalue weighted by Crippen LogP contribution is -2.48. The predicted molar refractivity (Wildman–Crippen MR) is 306 cm³/mol. The molecule has 0 bridgehead atoms. The molecular weight excluding hydrogens is 1040 g/mol. The standard InChI is InChI=1S/C66H46N6O10/c1-69(2)65(77)59(37-19-17-29-67-35-37)71-61(73)43-31-47(79-39-21-9-5-10-22-39)53-55-49(81-41-25-13-7-14-26-41)33-45-52-46(64(76)72(63(45)75)60(66(78)70(3)4)38-20-18-30-68-36-38)34-50(82-42-27-15-8-16-28-42)56(58(52)55)54-48(80-40-23-11-6-12-24-40)32-44(62(71)74)51(43)57(53)54/h5-36,59-60H,1-4H3. The van der Waals surface area contributed by atoms with Gasteiger partial charge in [-0.25, -0.2) is 0 Å². The van der Waals surface area contributed by atoms with Crippen LogP contribution in [0.25, 0.3) is 43.1 Å². The molecule has 2 aliphatic rings. The van der Waals surface area contributed by atoms with Crippen LogP contribution in [0.3, 0.4) is 0 Å². The maximum atomic E-state index is 15.9. The van der Waals surface area contributed by atoms with Gasteiger partial charge in [0.1, 0.15) is 58.1 Å². The molecule has 11 aromatic rings. The van der Waals surface area contributed by atoms with Gasteiger partial charge in [-0.3, -0.25) is 48.5 Å². The van der Waals surface area contributed by atoms with Gasteiger partial charge in [0, 0.05) is 107 Å². The van der Waals surface area contributed by atoms with Gasteiger partial charge in [-0.05, 0) is 84.9 Å². The maximum Gasteiger partial charge on any atom is 0.262 e. The van der Waals surface area contributed by atoms with E-state index in [4.69, 9.17) is 18.9 Å². The first-order valence-electron chi connectivity index (χ1n) is 26.1. The fourth-order valence-electron chi connectivity index (χ4n) is 11.2. The number of carbonyl (C=O) groups excluding carboxylic acids is 6. The van der Waals surface area contributed by atoms with E-state index >= 15 is 19.2 Å². The Morgan fingerprint density at radius 3 is 0.866 bits per heavy atom. The van der Waals surface area contributed by atoms with E-state index in [2.05, 4.69) is 9.97 Å². The van der Waals surface area contributed by atoms with E-state index in [1.165, 1.54) is 34.6 Å². The number of aromatic nitrogens is 2. The second-order valence-corrected chi connectivity index (χ2v) is 20.2. The Morgan fingerprint density at radius 1 is 0.366 bits per heavy atom. The summed E-state index contributed by atoms with van der Waals surface area (Å²) in [5.41, 5.74) is 0.599. The lowest BCUT2D eigenvalue weighted by atomic mass is 9.80. The Kier molecular flexibility index (Phi) is 12.3. The number of pyridine rings is 2. The van der Waals surface area contributed by atoms with Gasteiger partial charge in [-0.1, -0.05) is 84.9 Å². The molecule has 6 amide bonds. The Hall–Kier alpha value is -11.0. The molecule has 2 aliphatic heterocycles. The van der Waals surface area contributed by atoms with Gasteiger partial charge in [0.25, 0.3) is 23.6 Å². The number of amides is 6. The third-order valence-corrected chi connectivity index (χ3v) is 14.7. The van der Waals surface area contributed by atoms with Crippen molar-refractivity contribution in [2.75, 3.05) is 28.2 Å². The molecule has 4 heterocycles. The molecule has 16 nitrogen and oxygen atoms in total. The maximum absolute atomic E-state index is 15.9. The highest BCUT2D eigenvalue weighted by molar-refractivity contribution is 6.45. The number of para-hydroxylation sites is 4. The zero-order valence-electron chi connectivity index (χ0n) is 44.4. The van der Waals surface area contributed by atoms with Gasteiger partial charge in [0.05, 0.1) is 22.3 Å². The van der Waals surface area contributed by atoms with Crippen molar-refractivity contribution in [2.24, 2.45) is 0 Å². The van der Waals surface area contributed by atoms with Gasteiger partial charge in [0.15, 0.2) is 0 Å². The molecule has 0 saturated carbocycles. The summed E-state index contributed by atoms with van der Waals surface area (Å²) in [6.45, 7) is 0. The van der Waals surface area contributed by atoms with Crippen molar-refractivity contribution in [3.8, 4) is 46.0 Å². The highest BCUT2D eigenvalue weighted by atomic mass is 16.5. The lowest BCUT2D eigenvalue weighted by molar-refractivity contribution is -0.133. The Balaban J connectivity index is 1.24. The van der Waals surface area contributed by atoms with E-state index in [1.807, 2.05) is 24.3 Å². The number of imide groups is 2. The molecule has 0 fully saturated rings. The minimum atomic E-state index is -1.47. The summed E-state index contributed by atoms with van der Waals surface area (Å²) >= 11 is 0. The number of hydrogen-bond donors (Lipinski definition) is 0. The molecule has 13 rings (SSSR count). The third-order valence-electron chi connectivity index (χ3n) is 14.7. The Labute approximate surface area is 468 Å². The predicted octanol–water partition coefficient (Wildman–Crippen LogP) is 12.5. The van der Waals surface area contributed by atoms with Crippen molar-refractivity contribution >= 4 is 78.5 Å². The van der Waals surface area contributed by atoms with Crippen molar-refractivity contribution in [3.05, 3.63) is 228 Å². The first kappa shape index (κ1) is 50.5. The van der Waals surface area contributed by atoms with Gasteiger partial charge < -0.3 is 28.7 Å². The van der Waals surface area contributed by atoms with Crippen LogP contribution in [0.5, 0.6) is 46.0 Å². The number of carbonyl (C=O) groups is 6. The van der Waals surface area contributed by atoms with Crippen LogP contribution in [0.1, 0.15) is 64.6 Å². The second-order valence-electron chi connectivity index (χ2n) is 20.2. The minimum absolute atomic E-state index is 0.00495. The molecule has 2 unspecified atom stereocenters. The number of nitrogens with zero attached hydrogens (tertiary/aromatic N) is 6. The summed E-state index contributed by atoms with van der Waals surface area (Å²) in [5.74, 6) is -2.56. The number of ether oxygens (including phenoxy) is 4. The molecule has 0 aliphatic carbocycles. The van der Waals surface area contributed by atoms with E-state index in [-0.39, 0.29) is 67.2 Å². The van der Waals surface area contributed by atoms with Crippen LogP contribution in [0.15, 0.2) is 195 Å². The number of rotatable bonds is 14. The van der Waals surface area contributed by atoms with Crippen molar-refractivity contribution in [1.29, 1.82) is 0 Å². The molecular formula is C66H46N6O10. The highest BCUT2D eigenvalue weighted by Crippen LogP contribution is 2.58. The van der Waals surface area contributed by atoms with E-state index in [1.54, 1.807) is 174 Å². The smallest absolute Gasteiger partial charge is 0.262 e. The lowest BCUT2D eigenvalue weighted by Gasteiger charge is -2.36. The summed E-state index contributed by atoms with van der Waals surface area (Å²) in [6.07, 6.45) is 5.96. The molecule has 16 heteroatoms. The number of fused-ring (bicyclic) bond motifs is 2. The molecule has 9 aromatic carbocycles. The number of benzene rings is 9. The van der Waals surface area contributed by atoms with Crippen LogP contribution < -0.4 is 18.9 Å². The fraction of sp³-hybridized carbons (Fsp3) is 0.0909. The number of hydrogen-bond acceptors (Lipinski definition) is 12. The molecule has 0 N–H and O–H groups in total. The van der Waals surface area contributed by atoms with Crippen molar-refractivity contribution in [1.82, 2.24) is 29.6 Å². The summed E-state index contributed by atoms with van der Waals surface area (Å²) < 4.78 is 28.0. The summed E-state index contributed by atoms with van der Waals surface area (Å²) in [6, 6.07) is 45.4. The van der Waals surface area contributed by atoms with Gasteiger partial charge >= 0.3 is 0 Å². The molecule has 2 atom stereocenters. The molecule has 0 saturated heterocycles. The van der Waals surface area contributed by atoms with Crippen molar-refractivity contribution in [2.45, 2.75) is 12.1 Å². The first-order valence-corrected chi connectivity index (χ1v) is 26.1. The quantitative estimate of drug-likeness (QED) is 0.0572. The summed E-state index contributed by atoms with van der Waals surface area (Å²) in [4.78, 5) is 106. The van der Waals surface area contributed by atoms with Crippen molar-refractivity contribution < 1.29 is 47.7 Å². The highest BCUT2D eigenvalue weighted by Gasteiger charge is 2.47. The largest absolute Gasteiger partial charge is 0.457 e. The van der Waals surface area contributed by atoms with Gasteiger partial charge in [0.2, 0.25) is 11.8 Å². The zero-order valence-corrected chi connectivity index (χ0v) is 44.4. The van der Waals surface area contributed by atoms with Gasteiger partial charge in [-0.15, -0.1) is 0 Å². The first-order chi connectivity index (χ1) is 39.9. The normalized spacial score (nSPS) is 13.7. The molecule has 2 aromatic heterocycles. The molecule has 82 heavy (non-hydrogen) atoms.